The zero-order valence-corrected chi connectivity index (χ0v) is 18.1. The van der Waals surface area contributed by atoms with Crippen LogP contribution in [0.4, 0.5) is 26.3 Å². The molecule has 4 rings (SSSR count). The second-order valence-corrected chi connectivity index (χ2v) is 7.47. The molecule has 0 N–H and O–H groups in total. The van der Waals surface area contributed by atoms with Crippen molar-refractivity contribution < 1.29 is 44.6 Å². The van der Waals surface area contributed by atoms with Gasteiger partial charge in [-0.2, -0.15) is 36.3 Å². The normalized spacial score (nSPS) is 12.3. The summed E-state index contributed by atoms with van der Waals surface area (Å²) in [6.07, 6.45) is -8.99. The Bertz CT molecular complexity index is 1330. The first-order chi connectivity index (χ1) is 16.4. The maximum absolute atomic E-state index is 13.0. The number of ether oxygens (including phenoxy) is 1. The molecule has 4 aromatic rings. The zero-order chi connectivity index (χ0) is 25.4. The van der Waals surface area contributed by atoms with Gasteiger partial charge in [0.05, 0.1) is 22.9 Å². The van der Waals surface area contributed by atoms with Crippen LogP contribution in [0.25, 0.3) is 22.8 Å². The third kappa shape index (κ3) is 5.55. The Morgan fingerprint density at radius 1 is 0.857 bits per heavy atom. The highest BCUT2D eigenvalue weighted by Gasteiger charge is 2.40. The van der Waals surface area contributed by atoms with Crippen LogP contribution >= 0.6 is 11.6 Å². The zero-order valence-electron chi connectivity index (χ0n) is 17.4. The van der Waals surface area contributed by atoms with Gasteiger partial charge in [-0.3, -0.25) is 0 Å². The number of hydrogen-bond acceptors (Lipinski definition) is 9. The van der Waals surface area contributed by atoms with E-state index >= 15 is 0 Å². The van der Waals surface area contributed by atoms with Crippen molar-refractivity contribution in [3.05, 3.63) is 46.5 Å². The Kier molecular flexibility index (Phi) is 6.44. The van der Waals surface area contributed by atoms with Gasteiger partial charge in [0, 0.05) is 18.1 Å². The quantitative estimate of drug-likeness (QED) is 0.219. The van der Waals surface area contributed by atoms with Gasteiger partial charge < -0.3 is 18.3 Å². The van der Waals surface area contributed by atoms with Gasteiger partial charge in [-0.15, -0.1) is 0 Å². The lowest BCUT2D eigenvalue weighted by Gasteiger charge is -2.12. The predicted molar refractivity (Wildman–Crippen MR) is 103 cm³/mol. The lowest BCUT2D eigenvalue weighted by molar-refractivity contribution is -0.160. The van der Waals surface area contributed by atoms with E-state index in [0.717, 1.165) is 12.1 Å². The van der Waals surface area contributed by atoms with E-state index in [9.17, 15) is 26.3 Å². The van der Waals surface area contributed by atoms with E-state index in [2.05, 4.69) is 34.5 Å². The second-order valence-electron chi connectivity index (χ2n) is 7.06. The third-order valence-corrected chi connectivity index (χ3v) is 4.65. The van der Waals surface area contributed by atoms with Crippen molar-refractivity contribution >= 4 is 11.6 Å². The van der Waals surface area contributed by atoms with Crippen LogP contribution in [0, 0.1) is 6.92 Å². The molecule has 0 radical (unpaired) electrons. The van der Waals surface area contributed by atoms with Crippen molar-refractivity contribution in [2.24, 2.45) is 0 Å². The average Bonchev–Trinajstić information content (AvgIpc) is 3.51. The number of aryl methyl sites for hydroxylation is 2. The molecule has 3 heterocycles. The lowest BCUT2D eigenvalue weighted by atomic mass is 10.1. The number of aromatic nitrogens is 5. The smallest absolute Gasteiger partial charge is 0.471 e. The van der Waals surface area contributed by atoms with Gasteiger partial charge in [0.25, 0.3) is 0 Å². The molecule has 3 aromatic heterocycles. The fraction of sp³-hybridized carbons (Fsp3) is 0.316. The average molecular weight is 524 g/mol. The van der Waals surface area contributed by atoms with E-state index in [0.29, 0.717) is 24.3 Å². The van der Waals surface area contributed by atoms with E-state index < -0.39 is 35.8 Å². The van der Waals surface area contributed by atoms with Gasteiger partial charge >= 0.3 is 24.1 Å². The number of benzene rings is 1. The van der Waals surface area contributed by atoms with Crippen LogP contribution in [0.15, 0.2) is 31.8 Å². The first kappa shape index (κ1) is 24.5. The summed E-state index contributed by atoms with van der Waals surface area (Å²) in [5.74, 6) is -3.88. The van der Waals surface area contributed by atoms with Crippen LogP contribution in [0.1, 0.15) is 29.7 Å². The number of nitrogens with zero attached hydrogens (tertiary/aromatic N) is 5. The molecule has 0 unspecified atom stereocenters. The molecule has 0 saturated carbocycles. The lowest BCUT2D eigenvalue weighted by Crippen LogP contribution is -2.05. The molecule has 0 amide bonds. The summed E-state index contributed by atoms with van der Waals surface area (Å²) in [5.41, 5.74) is 0.377. The van der Waals surface area contributed by atoms with E-state index in [-0.39, 0.29) is 28.5 Å². The summed E-state index contributed by atoms with van der Waals surface area (Å²) < 4.78 is 96.5. The number of rotatable bonds is 7. The van der Waals surface area contributed by atoms with Crippen LogP contribution in [0.5, 0.6) is 5.75 Å². The van der Waals surface area contributed by atoms with Crippen molar-refractivity contribution in [2.75, 3.05) is 6.61 Å². The highest BCUT2D eigenvalue weighted by atomic mass is 35.5. The van der Waals surface area contributed by atoms with Crippen LogP contribution < -0.4 is 4.74 Å². The van der Waals surface area contributed by atoms with Crippen molar-refractivity contribution in [2.45, 2.75) is 32.1 Å². The Hall–Kier alpha value is -3.62. The van der Waals surface area contributed by atoms with Gasteiger partial charge in [0.2, 0.25) is 11.6 Å². The molecule has 0 aliphatic rings. The van der Waals surface area contributed by atoms with E-state index in [1.165, 1.54) is 0 Å². The van der Waals surface area contributed by atoms with Gasteiger partial charge in [-0.05, 0) is 25.5 Å². The fourth-order valence-corrected chi connectivity index (χ4v) is 3.17. The molecule has 0 saturated heterocycles. The van der Waals surface area contributed by atoms with Crippen LogP contribution in [0.3, 0.4) is 0 Å². The van der Waals surface area contributed by atoms with Crippen LogP contribution in [-0.4, -0.2) is 32.0 Å². The van der Waals surface area contributed by atoms with Crippen molar-refractivity contribution in [3.63, 3.8) is 0 Å². The van der Waals surface area contributed by atoms with Crippen molar-refractivity contribution in [1.82, 2.24) is 25.4 Å². The Balaban J connectivity index is 1.66. The molecule has 0 fully saturated rings. The van der Waals surface area contributed by atoms with Crippen molar-refractivity contribution in [3.8, 4) is 28.5 Å². The summed E-state index contributed by atoms with van der Waals surface area (Å²) >= 11 is 6.26. The van der Waals surface area contributed by atoms with Crippen LogP contribution in [-0.2, 0) is 18.8 Å². The molecule has 16 heteroatoms. The summed E-state index contributed by atoms with van der Waals surface area (Å²) in [7, 11) is 0. The Morgan fingerprint density at radius 2 is 1.49 bits per heavy atom. The minimum Gasteiger partial charge on any atom is -0.491 e. The fourth-order valence-electron chi connectivity index (χ4n) is 2.89. The second kappa shape index (κ2) is 9.20. The van der Waals surface area contributed by atoms with Gasteiger partial charge in [0.15, 0.2) is 0 Å². The summed E-state index contributed by atoms with van der Waals surface area (Å²) in [6.45, 7) is 1.79. The topological polar surface area (TPSA) is 113 Å². The summed E-state index contributed by atoms with van der Waals surface area (Å²) in [5, 5.41) is 10.1. The maximum Gasteiger partial charge on any atom is 0.471 e. The van der Waals surface area contributed by atoms with Gasteiger partial charge in [0.1, 0.15) is 11.5 Å². The highest BCUT2D eigenvalue weighted by molar-refractivity contribution is 6.32. The molecule has 0 spiro atoms. The SMILES string of the molecule is Cc1cc(CCCOc2c(Cl)cc(-c3noc(C(F)(F)F)n3)cc2-c2noc(C(F)(F)F)n2)on1. The molecule has 1 aromatic carbocycles. The molecule has 0 aliphatic carbocycles. The molecule has 0 aliphatic heterocycles. The van der Waals surface area contributed by atoms with Crippen LogP contribution in [0.2, 0.25) is 5.02 Å². The number of halogens is 7. The monoisotopic (exact) mass is 523 g/mol. The Morgan fingerprint density at radius 3 is 2.06 bits per heavy atom. The van der Waals surface area contributed by atoms with E-state index in [1.54, 1.807) is 13.0 Å². The van der Waals surface area contributed by atoms with E-state index in [4.69, 9.17) is 20.9 Å². The largest absolute Gasteiger partial charge is 0.491 e. The molecular formula is C19H12ClF6N5O4. The first-order valence-electron chi connectivity index (χ1n) is 9.63. The van der Waals surface area contributed by atoms with E-state index in [1.807, 2.05) is 0 Å². The molecule has 0 bridgehead atoms. The minimum atomic E-state index is -4.93. The summed E-state index contributed by atoms with van der Waals surface area (Å²) in [6, 6.07) is 4.00. The molecular weight excluding hydrogens is 512 g/mol. The third-order valence-electron chi connectivity index (χ3n) is 4.37. The molecule has 0 atom stereocenters. The Labute approximate surface area is 196 Å². The van der Waals surface area contributed by atoms with Gasteiger partial charge in [-0.25, -0.2) is 0 Å². The number of hydrogen-bond donors (Lipinski definition) is 0. The molecule has 35 heavy (non-hydrogen) atoms. The van der Waals surface area contributed by atoms with Crippen molar-refractivity contribution in [1.29, 1.82) is 0 Å². The minimum absolute atomic E-state index is 0.0379. The van der Waals surface area contributed by atoms with Gasteiger partial charge in [-0.1, -0.05) is 27.1 Å². The number of alkyl halides is 6. The predicted octanol–water partition coefficient (Wildman–Crippen LogP) is 5.79. The molecule has 9 nitrogen and oxygen atoms in total. The highest BCUT2D eigenvalue weighted by Crippen LogP contribution is 2.40. The first-order valence-corrected chi connectivity index (χ1v) is 10.0. The summed E-state index contributed by atoms with van der Waals surface area (Å²) in [4.78, 5) is 6.55. The maximum atomic E-state index is 13.0. The standard InChI is InChI=1S/C19H12ClF6N5O4/c1-8-5-10(33-29-8)3-2-4-32-13-11(15-28-17(35-31-15)19(24,25)26)6-9(7-12(13)20)14-27-16(34-30-14)18(21,22)23/h5-7H,2-4H2,1H3. The molecule has 186 valence electrons.